The maximum absolute atomic E-state index is 11.7. The minimum Gasteiger partial charge on any atom is -0.480 e. The summed E-state index contributed by atoms with van der Waals surface area (Å²) in [5.41, 5.74) is -0.736. The van der Waals surface area contributed by atoms with Gasteiger partial charge in [0.2, 0.25) is 0 Å². The zero-order valence-corrected chi connectivity index (χ0v) is 12.2. The Hall–Kier alpha value is -0.610. The number of hydrogen-bond acceptors (Lipinski definition) is 3. The van der Waals surface area contributed by atoms with Crippen molar-refractivity contribution in [2.45, 2.75) is 46.1 Å². The van der Waals surface area contributed by atoms with Crippen molar-refractivity contribution in [1.29, 1.82) is 0 Å². The molecule has 1 unspecified atom stereocenters. The van der Waals surface area contributed by atoms with Gasteiger partial charge in [-0.3, -0.25) is 4.79 Å². The quantitative estimate of drug-likeness (QED) is 0.660. The lowest BCUT2D eigenvalue weighted by Crippen LogP contribution is -2.61. The zero-order valence-electron chi connectivity index (χ0n) is 12.2. The molecule has 0 bridgehead atoms. The van der Waals surface area contributed by atoms with Crippen molar-refractivity contribution in [1.82, 2.24) is 10.2 Å². The van der Waals surface area contributed by atoms with Gasteiger partial charge in [0.25, 0.3) is 0 Å². The van der Waals surface area contributed by atoms with Gasteiger partial charge in [-0.25, -0.2) is 0 Å². The Morgan fingerprint density at radius 3 is 2.39 bits per heavy atom. The first-order chi connectivity index (χ1) is 8.46. The van der Waals surface area contributed by atoms with E-state index in [9.17, 15) is 9.90 Å². The number of carbonyl (C=O) groups is 1. The van der Waals surface area contributed by atoms with Crippen LogP contribution in [0.2, 0.25) is 0 Å². The highest BCUT2D eigenvalue weighted by atomic mass is 16.4. The molecule has 0 spiro atoms. The van der Waals surface area contributed by atoms with Gasteiger partial charge >= 0.3 is 5.97 Å². The Labute approximate surface area is 111 Å². The van der Waals surface area contributed by atoms with E-state index in [0.717, 1.165) is 25.9 Å². The fourth-order valence-electron chi connectivity index (χ4n) is 2.71. The van der Waals surface area contributed by atoms with E-state index < -0.39 is 11.5 Å². The van der Waals surface area contributed by atoms with Crippen LogP contribution in [0.25, 0.3) is 0 Å². The molecule has 2 N–H and O–H groups in total. The monoisotopic (exact) mass is 256 g/mol. The van der Waals surface area contributed by atoms with Crippen LogP contribution in [0.15, 0.2) is 0 Å². The summed E-state index contributed by atoms with van der Waals surface area (Å²) in [5, 5.41) is 12.9. The van der Waals surface area contributed by atoms with Crippen LogP contribution in [0.1, 0.15) is 40.5 Å². The van der Waals surface area contributed by atoms with Crippen LogP contribution in [-0.2, 0) is 4.79 Å². The predicted molar refractivity (Wildman–Crippen MR) is 73.7 cm³/mol. The molecule has 1 fully saturated rings. The fourth-order valence-corrected chi connectivity index (χ4v) is 2.71. The van der Waals surface area contributed by atoms with Crippen molar-refractivity contribution in [3.8, 4) is 0 Å². The number of rotatable bonds is 9. The Morgan fingerprint density at radius 2 is 2.06 bits per heavy atom. The summed E-state index contributed by atoms with van der Waals surface area (Å²) in [7, 11) is 0. The molecule has 0 aromatic heterocycles. The predicted octanol–water partition coefficient (Wildman–Crippen LogP) is 1.81. The first-order valence-electron chi connectivity index (χ1n) is 7.17. The third-order valence-corrected chi connectivity index (χ3v) is 3.69. The number of nitrogens with zero attached hydrogens (tertiary/aromatic N) is 1. The van der Waals surface area contributed by atoms with Crippen LogP contribution in [0.5, 0.6) is 0 Å². The summed E-state index contributed by atoms with van der Waals surface area (Å²) < 4.78 is 0. The molecule has 0 aromatic carbocycles. The lowest BCUT2D eigenvalue weighted by Gasteiger charge is -2.36. The zero-order chi connectivity index (χ0) is 13.8. The molecule has 4 nitrogen and oxygen atoms in total. The van der Waals surface area contributed by atoms with E-state index in [4.69, 9.17) is 0 Å². The van der Waals surface area contributed by atoms with Gasteiger partial charge in [0.05, 0.1) is 0 Å². The van der Waals surface area contributed by atoms with Gasteiger partial charge in [-0.15, -0.1) is 0 Å². The number of likely N-dealkylation sites (N-methyl/N-ethyl adjacent to an activating group) is 2. The first-order valence-corrected chi connectivity index (χ1v) is 7.17. The Kier molecular flexibility index (Phi) is 5.60. The molecule has 0 radical (unpaired) electrons. The molecule has 1 saturated carbocycles. The topological polar surface area (TPSA) is 52.6 Å². The van der Waals surface area contributed by atoms with Gasteiger partial charge in [-0.2, -0.15) is 0 Å². The highest BCUT2D eigenvalue weighted by molar-refractivity contribution is 5.80. The summed E-state index contributed by atoms with van der Waals surface area (Å²) >= 11 is 0. The molecule has 1 aliphatic rings. The molecule has 0 aliphatic heterocycles. The maximum Gasteiger partial charge on any atom is 0.325 e. The Balaban J connectivity index is 2.78. The van der Waals surface area contributed by atoms with Crippen LogP contribution in [-0.4, -0.2) is 47.7 Å². The SMILES string of the molecule is CCNC(CN(CC)CC(C)C)(C(=O)O)C1CC1. The minimum atomic E-state index is -0.736. The standard InChI is InChI=1S/C14H28N2O2/c1-5-15-14(13(17)18,12-7-8-12)10-16(6-2)9-11(3)4/h11-12,15H,5-10H2,1-4H3,(H,17,18). The van der Waals surface area contributed by atoms with Crippen molar-refractivity contribution >= 4 is 5.97 Å². The molecule has 0 amide bonds. The lowest BCUT2D eigenvalue weighted by molar-refractivity contribution is -0.147. The van der Waals surface area contributed by atoms with Crippen LogP contribution in [0, 0.1) is 11.8 Å². The summed E-state index contributed by atoms with van der Waals surface area (Å²) in [6.45, 7) is 11.6. The second kappa shape index (κ2) is 6.53. The van der Waals surface area contributed by atoms with Gasteiger partial charge in [-0.1, -0.05) is 27.7 Å². The molecular weight excluding hydrogens is 228 g/mol. The second-order valence-electron chi connectivity index (χ2n) is 5.80. The van der Waals surface area contributed by atoms with E-state index >= 15 is 0 Å². The molecule has 0 heterocycles. The van der Waals surface area contributed by atoms with Gasteiger partial charge < -0.3 is 15.3 Å². The molecular formula is C14H28N2O2. The van der Waals surface area contributed by atoms with E-state index in [2.05, 4.69) is 31.0 Å². The molecule has 0 saturated heterocycles. The minimum absolute atomic E-state index is 0.302. The van der Waals surface area contributed by atoms with E-state index in [0.29, 0.717) is 24.9 Å². The fraction of sp³-hybridized carbons (Fsp3) is 0.929. The van der Waals surface area contributed by atoms with Crippen molar-refractivity contribution in [3.05, 3.63) is 0 Å². The second-order valence-corrected chi connectivity index (χ2v) is 5.80. The van der Waals surface area contributed by atoms with E-state index in [1.807, 2.05) is 6.92 Å². The van der Waals surface area contributed by atoms with Crippen LogP contribution in [0.4, 0.5) is 0 Å². The summed E-state index contributed by atoms with van der Waals surface area (Å²) in [6, 6.07) is 0. The molecule has 106 valence electrons. The van der Waals surface area contributed by atoms with Gasteiger partial charge in [-0.05, 0) is 37.8 Å². The highest BCUT2D eigenvalue weighted by Crippen LogP contribution is 2.40. The molecule has 1 aliphatic carbocycles. The molecule has 1 rings (SSSR count). The van der Waals surface area contributed by atoms with Crippen molar-refractivity contribution in [2.75, 3.05) is 26.2 Å². The normalized spacial score (nSPS) is 19.2. The van der Waals surface area contributed by atoms with E-state index in [1.54, 1.807) is 0 Å². The van der Waals surface area contributed by atoms with Gasteiger partial charge in [0.15, 0.2) is 0 Å². The average Bonchev–Trinajstić information content (AvgIpc) is 3.10. The molecule has 4 heteroatoms. The van der Waals surface area contributed by atoms with Gasteiger partial charge in [0.1, 0.15) is 5.54 Å². The number of carboxylic acids is 1. The number of aliphatic carboxylic acids is 1. The van der Waals surface area contributed by atoms with Crippen molar-refractivity contribution in [3.63, 3.8) is 0 Å². The Bertz CT molecular complexity index is 277. The molecule has 0 aromatic rings. The van der Waals surface area contributed by atoms with Crippen LogP contribution in [0.3, 0.4) is 0 Å². The summed E-state index contributed by atoms with van der Waals surface area (Å²) in [6.07, 6.45) is 2.08. The lowest BCUT2D eigenvalue weighted by atomic mass is 9.91. The van der Waals surface area contributed by atoms with E-state index in [1.165, 1.54) is 0 Å². The summed E-state index contributed by atoms with van der Waals surface area (Å²) in [4.78, 5) is 14.0. The van der Waals surface area contributed by atoms with Crippen molar-refractivity contribution < 1.29 is 9.90 Å². The van der Waals surface area contributed by atoms with E-state index in [-0.39, 0.29) is 0 Å². The average molecular weight is 256 g/mol. The first kappa shape index (κ1) is 15.4. The molecule has 1 atom stereocenters. The van der Waals surface area contributed by atoms with Gasteiger partial charge in [0, 0.05) is 13.1 Å². The maximum atomic E-state index is 11.7. The number of nitrogens with one attached hydrogen (secondary N) is 1. The van der Waals surface area contributed by atoms with Crippen LogP contribution >= 0.6 is 0 Å². The number of carboxylic acid groups (broad SMARTS) is 1. The smallest absolute Gasteiger partial charge is 0.325 e. The Morgan fingerprint density at radius 1 is 1.44 bits per heavy atom. The van der Waals surface area contributed by atoms with Crippen LogP contribution < -0.4 is 5.32 Å². The number of hydrogen-bond donors (Lipinski definition) is 2. The third kappa shape index (κ3) is 3.69. The summed E-state index contributed by atoms with van der Waals surface area (Å²) in [5.74, 6) is 0.183. The largest absolute Gasteiger partial charge is 0.480 e. The molecule has 18 heavy (non-hydrogen) atoms. The highest BCUT2D eigenvalue weighted by Gasteiger charge is 2.51. The third-order valence-electron chi connectivity index (χ3n) is 3.69. The van der Waals surface area contributed by atoms with Crippen molar-refractivity contribution in [2.24, 2.45) is 11.8 Å².